The Balaban J connectivity index is 1.87. The largest absolute Gasteiger partial charge is 0.480 e. The lowest BCUT2D eigenvalue weighted by atomic mass is 9.85. The molecule has 1 amide bonds. The number of amides is 1. The second-order valence-corrected chi connectivity index (χ2v) is 5.52. The normalized spacial score (nSPS) is 31.5. The average Bonchev–Trinajstić information content (AvgIpc) is 2.81. The summed E-state index contributed by atoms with van der Waals surface area (Å²) in [6.45, 7) is -0.249. The number of carboxylic acid groups (broad SMARTS) is 1. The number of hydrogen-bond donors (Lipinski definition) is 4. The van der Waals surface area contributed by atoms with Gasteiger partial charge in [-0.05, 0) is 25.2 Å². The summed E-state index contributed by atoms with van der Waals surface area (Å²) in [4.78, 5) is 23.0. The highest BCUT2D eigenvalue weighted by molar-refractivity contribution is 5.87. The molecule has 2 aliphatic rings. The number of aliphatic hydroxyl groups excluding tert-OH is 1. The predicted molar refractivity (Wildman–Crippen MR) is 68.6 cm³/mol. The molecule has 1 saturated heterocycles. The molecular weight excluding hydrogens is 248 g/mol. The van der Waals surface area contributed by atoms with Crippen molar-refractivity contribution in [3.63, 3.8) is 0 Å². The van der Waals surface area contributed by atoms with Crippen LogP contribution < -0.4 is 10.6 Å². The highest BCUT2D eigenvalue weighted by atomic mass is 16.4. The Morgan fingerprint density at radius 1 is 1.32 bits per heavy atom. The van der Waals surface area contributed by atoms with Crippen LogP contribution in [0.4, 0.5) is 0 Å². The van der Waals surface area contributed by atoms with Gasteiger partial charge in [-0.2, -0.15) is 0 Å². The number of nitrogens with one attached hydrogen (secondary N) is 2. The molecule has 0 aromatic heterocycles. The Bertz CT molecular complexity index is 334. The van der Waals surface area contributed by atoms with Gasteiger partial charge in [0.2, 0.25) is 5.91 Å². The maximum absolute atomic E-state index is 12.1. The van der Waals surface area contributed by atoms with E-state index in [2.05, 4.69) is 10.6 Å². The van der Waals surface area contributed by atoms with Crippen LogP contribution in [0.25, 0.3) is 0 Å². The molecule has 0 spiro atoms. The van der Waals surface area contributed by atoms with Crippen LogP contribution in [0.1, 0.15) is 38.5 Å². The summed E-state index contributed by atoms with van der Waals surface area (Å²) in [7, 11) is 0. The van der Waals surface area contributed by atoms with Crippen molar-refractivity contribution < 1.29 is 19.8 Å². The molecule has 6 nitrogen and oxygen atoms in total. The summed E-state index contributed by atoms with van der Waals surface area (Å²) in [6, 6.07) is -0.874. The summed E-state index contributed by atoms with van der Waals surface area (Å²) in [5, 5.41) is 23.6. The molecule has 1 saturated carbocycles. The second kappa shape index (κ2) is 6.34. The summed E-state index contributed by atoms with van der Waals surface area (Å²) >= 11 is 0. The van der Waals surface area contributed by atoms with E-state index in [0.717, 1.165) is 19.3 Å². The zero-order valence-electron chi connectivity index (χ0n) is 11.0. The van der Waals surface area contributed by atoms with Crippen LogP contribution in [0.15, 0.2) is 0 Å². The smallest absolute Gasteiger partial charge is 0.326 e. The van der Waals surface area contributed by atoms with Gasteiger partial charge in [0.15, 0.2) is 0 Å². The van der Waals surface area contributed by atoms with Crippen LogP contribution in [-0.2, 0) is 9.59 Å². The molecule has 0 aromatic rings. The van der Waals surface area contributed by atoms with Crippen LogP contribution in [0, 0.1) is 5.92 Å². The first-order valence-electron chi connectivity index (χ1n) is 7.02. The van der Waals surface area contributed by atoms with Crippen molar-refractivity contribution >= 4 is 11.9 Å². The first-order chi connectivity index (χ1) is 9.11. The molecule has 3 unspecified atom stereocenters. The minimum absolute atomic E-state index is 0.0423. The van der Waals surface area contributed by atoms with Gasteiger partial charge in [-0.25, -0.2) is 4.79 Å². The van der Waals surface area contributed by atoms with Crippen molar-refractivity contribution in [1.82, 2.24) is 10.6 Å². The van der Waals surface area contributed by atoms with E-state index in [1.54, 1.807) is 0 Å². The molecule has 4 atom stereocenters. The zero-order valence-corrected chi connectivity index (χ0v) is 11.0. The lowest BCUT2D eigenvalue weighted by molar-refractivity contribution is -0.142. The monoisotopic (exact) mass is 270 g/mol. The van der Waals surface area contributed by atoms with Crippen molar-refractivity contribution in [1.29, 1.82) is 0 Å². The average molecular weight is 270 g/mol. The first kappa shape index (κ1) is 14.3. The first-order valence-corrected chi connectivity index (χ1v) is 7.02. The van der Waals surface area contributed by atoms with E-state index in [9.17, 15) is 9.59 Å². The highest BCUT2D eigenvalue weighted by Gasteiger charge is 2.38. The van der Waals surface area contributed by atoms with E-state index in [0.29, 0.717) is 12.0 Å². The quantitative estimate of drug-likeness (QED) is 0.557. The number of hydrogen-bond acceptors (Lipinski definition) is 4. The molecule has 4 N–H and O–H groups in total. The number of carbonyl (C=O) groups is 2. The van der Waals surface area contributed by atoms with Crippen LogP contribution >= 0.6 is 0 Å². The second-order valence-electron chi connectivity index (χ2n) is 5.52. The van der Waals surface area contributed by atoms with Gasteiger partial charge >= 0.3 is 5.97 Å². The van der Waals surface area contributed by atoms with E-state index < -0.39 is 12.0 Å². The summed E-state index contributed by atoms with van der Waals surface area (Å²) < 4.78 is 0. The maximum atomic E-state index is 12.1. The molecule has 2 fully saturated rings. The SMILES string of the molecule is O=C(N[C@H](CCO)C(=O)O)C1CC2CCCCC2N1. The van der Waals surface area contributed by atoms with Gasteiger partial charge in [-0.1, -0.05) is 12.8 Å². The molecule has 0 aromatic carbocycles. The van der Waals surface area contributed by atoms with Gasteiger partial charge in [0.05, 0.1) is 6.04 Å². The minimum Gasteiger partial charge on any atom is -0.480 e. The predicted octanol–water partition coefficient (Wildman–Crippen LogP) is -0.141. The molecule has 6 heteroatoms. The fourth-order valence-electron chi connectivity index (χ4n) is 3.18. The van der Waals surface area contributed by atoms with Gasteiger partial charge in [0.25, 0.3) is 0 Å². The topological polar surface area (TPSA) is 98.7 Å². The number of carbonyl (C=O) groups excluding carboxylic acids is 1. The van der Waals surface area contributed by atoms with Crippen LogP contribution in [0.3, 0.4) is 0 Å². The van der Waals surface area contributed by atoms with Gasteiger partial charge in [-0.3, -0.25) is 4.79 Å². The number of aliphatic hydroxyl groups is 1. The van der Waals surface area contributed by atoms with E-state index in [1.807, 2.05) is 0 Å². The lowest BCUT2D eigenvalue weighted by Crippen LogP contribution is -2.49. The summed E-state index contributed by atoms with van der Waals surface area (Å²) in [5.74, 6) is -0.807. The third-order valence-corrected chi connectivity index (χ3v) is 4.21. The van der Waals surface area contributed by atoms with Crippen molar-refractivity contribution in [3.05, 3.63) is 0 Å². The van der Waals surface area contributed by atoms with E-state index in [-0.39, 0.29) is 25.0 Å². The summed E-state index contributed by atoms with van der Waals surface area (Å²) in [6.07, 6.45) is 5.51. The van der Waals surface area contributed by atoms with Crippen molar-refractivity contribution in [3.8, 4) is 0 Å². The number of rotatable bonds is 5. The van der Waals surface area contributed by atoms with Gasteiger partial charge < -0.3 is 20.8 Å². The minimum atomic E-state index is -1.10. The van der Waals surface area contributed by atoms with Crippen LogP contribution in [-0.4, -0.2) is 46.8 Å². The van der Waals surface area contributed by atoms with E-state index in [4.69, 9.17) is 10.2 Å². The van der Waals surface area contributed by atoms with Crippen molar-refractivity contribution in [2.24, 2.45) is 5.92 Å². The molecule has 0 bridgehead atoms. The van der Waals surface area contributed by atoms with Gasteiger partial charge in [0, 0.05) is 19.1 Å². The van der Waals surface area contributed by atoms with E-state index >= 15 is 0 Å². The van der Waals surface area contributed by atoms with Crippen LogP contribution in [0.5, 0.6) is 0 Å². The molecule has 0 radical (unpaired) electrons. The third-order valence-electron chi connectivity index (χ3n) is 4.21. The lowest BCUT2D eigenvalue weighted by Gasteiger charge is -2.24. The molecule has 1 heterocycles. The Morgan fingerprint density at radius 3 is 2.68 bits per heavy atom. The fourth-order valence-corrected chi connectivity index (χ4v) is 3.18. The molecule has 108 valence electrons. The van der Waals surface area contributed by atoms with Crippen molar-refractivity contribution in [2.75, 3.05) is 6.61 Å². The van der Waals surface area contributed by atoms with Crippen molar-refractivity contribution in [2.45, 2.75) is 56.7 Å². The Kier molecular flexibility index (Phi) is 4.76. The van der Waals surface area contributed by atoms with Gasteiger partial charge in [0.1, 0.15) is 6.04 Å². The molecule has 2 rings (SSSR count). The maximum Gasteiger partial charge on any atom is 0.326 e. The zero-order chi connectivity index (χ0) is 13.8. The van der Waals surface area contributed by atoms with E-state index in [1.165, 1.54) is 12.8 Å². The number of aliphatic carboxylic acids is 1. The molecular formula is C13H22N2O4. The van der Waals surface area contributed by atoms with Crippen LogP contribution in [0.2, 0.25) is 0 Å². The Hall–Kier alpha value is -1.14. The Morgan fingerprint density at radius 2 is 2.05 bits per heavy atom. The standard InChI is InChI=1S/C13H22N2O4/c16-6-5-10(13(18)19)15-12(17)11-7-8-3-1-2-4-9(8)14-11/h8-11,14,16H,1-7H2,(H,15,17)(H,18,19)/t8?,9?,10-,11?/m1/s1. The highest BCUT2D eigenvalue weighted by Crippen LogP contribution is 2.33. The third kappa shape index (κ3) is 3.45. The van der Waals surface area contributed by atoms with Gasteiger partial charge in [-0.15, -0.1) is 0 Å². The molecule has 1 aliphatic heterocycles. The summed E-state index contributed by atoms with van der Waals surface area (Å²) in [5.41, 5.74) is 0. The fraction of sp³-hybridized carbons (Fsp3) is 0.846. The molecule has 19 heavy (non-hydrogen) atoms. The Labute approximate surface area is 112 Å². The number of fused-ring (bicyclic) bond motifs is 1. The number of carboxylic acids is 1. The molecule has 1 aliphatic carbocycles.